The normalized spacial score (nSPS) is 15.2. The molecule has 0 amide bonds. The van der Waals surface area contributed by atoms with Gasteiger partial charge in [-0.1, -0.05) is 80.1 Å². The van der Waals surface area contributed by atoms with E-state index in [2.05, 4.69) is 135 Å². The number of benzene rings is 4. The summed E-state index contributed by atoms with van der Waals surface area (Å²) in [5, 5.41) is 10.4. The fraction of sp³-hybridized carbons (Fsp3) is 0.188. The van der Waals surface area contributed by atoms with Crippen molar-refractivity contribution in [1.82, 2.24) is 0 Å². The number of aromatic hydroxyl groups is 1. The summed E-state index contributed by atoms with van der Waals surface area (Å²) >= 11 is 2.33. The van der Waals surface area contributed by atoms with Crippen LogP contribution in [0.1, 0.15) is 36.5 Å². The van der Waals surface area contributed by atoms with Crippen molar-refractivity contribution < 1.29 is 5.11 Å². The van der Waals surface area contributed by atoms with Crippen molar-refractivity contribution in [1.29, 1.82) is 0 Å². The molecule has 1 atom stereocenters. The first-order valence-corrected chi connectivity index (χ1v) is 13.6. The van der Waals surface area contributed by atoms with E-state index in [0.29, 0.717) is 5.75 Å². The fourth-order valence-corrected chi connectivity index (χ4v) is 5.88. The Hall–Kier alpha value is -3.25. The Bertz CT molecular complexity index is 1320. The molecular formula is C32H31IN2O. The number of rotatable bonds is 7. The highest BCUT2D eigenvalue weighted by Crippen LogP contribution is 2.40. The smallest absolute Gasteiger partial charge is 0.139 e. The van der Waals surface area contributed by atoms with Crippen molar-refractivity contribution in [2.24, 2.45) is 0 Å². The summed E-state index contributed by atoms with van der Waals surface area (Å²) in [5.74, 6) is 0.355. The lowest BCUT2D eigenvalue weighted by Crippen LogP contribution is -2.29. The molecule has 3 nitrogen and oxygen atoms in total. The average Bonchev–Trinajstić information content (AvgIpc) is 2.91. The second-order valence-electron chi connectivity index (χ2n) is 9.24. The first-order valence-electron chi connectivity index (χ1n) is 12.6. The van der Waals surface area contributed by atoms with Crippen LogP contribution in [0.25, 0.3) is 6.08 Å². The van der Waals surface area contributed by atoms with Crippen molar-refractivity contribution in [2.45, 2.75) is 38.6 Å². The quantitative estimate of drug-likeness (QED) is 0.173. The molecule has 36 heavy (non-hydrogen) atoms. The summed E-state index contributed by atoms with van der Waals surface area (Å²) in [6, 6.07) is 34.2. The van der Waals surface area contributed by atoms with Gasteiger partial charge in [0.25, 0.3) is 0 Å². The fourth-order valence-electron chi connectivity index (χ4n) is 4.86. The van der Waals surface area contributed by atoms with Crippen LogP contribution in [0.3, 0.4) is 0 Å². The molecule has 182 valence electrons. The highest BCUT2D eigenvalue weighted by Gasteiger charge is 2.25. The van der Waals surface area contributed by atoms with Crippen LogP contribution in [0, 0.1) is 0 Å². The largest absolute Gasteiger partial charge is 0.506 e. The number of halogens is 1. The maximum Gasteiger partial charge on any atom is 0.139 e. The number of nitrogens with zero attached hydrogens (tertiary/aromatic N) is 2. The van der Waals surface area contributed by atoms with Crippen molar-refractivity contribution >= 4 is 51.7 Å². The van der Waals surface area contributed by atoms with Crippen molar-refractivity contribution in [3.8, 4) is 5.75 Å². The van der Waals surface area contributed by atoms with Crippen molar-refractivity contribution in [3.63, 3.8) is 0 Å². The molecule has 4 aromatic carbocycles. The highest BCUT2D eigenvalue weighted by molar-refractivity contribution is 14.1. The van der Waals surface area contributed by atoms with Gasteiger partial charge in [-0.05, 0) is 78.4 Å². The third-order valence-corrected chi connectivity index (χ3v) is 7.92. The van der Waals surface area contributed by atoms with Crippen LogP contribution in [0.4, 0.5) is 22.7 Å². The molecule has 0 aromatic heterocycles. The van der Waals surface area contributed by atoms with Crippen LogP contribution in [0.2, 0.25) is 0 Å². The van der Waals surface area contributed by atoms with Crippen molar-refractivity contribution in [3.05, 3.63) is 120 Å². The van der Waals surface area contributed by atoms with Gasteiger partial charge in [-0.15, -0.1) is 0 Å². The molecular weight excluding hydrogens is 555 g/mol. The van der Waals surface area contributed by atoms with Gasteiger partial charge in [0.2, 0.25) is 0 Å². The molecule has 4 heteroatoms. The van der Waals surface area contributed by atoms with Gasteiger partial charge in [-0.25, -0.2) is 0 Å². The van der Waals surface area contributed by atoms with Crippen LogP contribution in [-0.4, -0.2) is 11.1 Å². The second kappa shape index (κ2) is 11.2. The number of phenolic OH excluding ortho intramolecular Hbond substituents is 1. The Kier molecular flexibility index (Phi) is 7.61. The first kappa shape index (κ1) is 24.4. The Morgan fingerprint density at radius 1 is 0.861 bits per heavy atom. The molecule has 0 aliphatic carbocycles. The van der Waals surface area contributed by atoms with Gasteiger partial charge in [-0.2, -0.15) is 0 Å². The van der Waals surface area contributed by atoms with E-state index in [0.717, 1.165) is 54.0 Å². The topological polar surface area (TPSA) is 26.7 Å². The number of aryl methyl sites for hydroxylation is 2. The standard InChI is InChI=1S/C32H31IN2O/c1-2-7-24-12-18-28(19-13-24)34(27-9-4-3-5-10-27)29-20-14-25(15-21-29)16-22-30-23-17-26-8-6-11-31(36)32(26)35(30)33/h3-6,8-16,18-22,30,36H,2,7,17,23H2,1H3/b22-16+. The van der Waals surface area contributed by atoms with Gasteiger partial charge in [0, 0.05) is 17.1 Å². The van der Waals surface area contributed by atoms with Gasteiger partial charge in [0.05, 0.1) is 34.6 Å². The van der Waals surface area contributed by atoms with Crippen LogP contribution < -0.4 is 8.01 Å². The van der Waals surface area contributed by atoms with Crippen LogP contribution in [0.5, 0.6) is 5.75 Å². The molecule has 0 bridgehead atoms. The molecule has 1 N–H and O–H groups in total. The van der Waals surface area contributed by atoms with E-state index >= 15 is 0 Å². The molecule has 4 aromatic rings. The molecule has 0 saturated carbocycles. The van der Waals surface area contributed by atoms with Gasteiger partial charge in [0.1, 0.15) is 5.75 Å². The Morgan fingerprint density at radius 2 is 1.53 bits per heavy atom. The van der Waals surface area contributed by atoms with Crippen LogP contribution in [0.15, 0.2) is 103 Å². The second-order valence-corrected chi connectivity index (χ2v) is 10.3. The van der Waals surface area contributed by atoms with E-state index < -0.39 is 0 Å². The zero-order valence-electron chi connectivity index (χ0n) is 20.5. The third-order valence-electron chi connectivity index (χ3n) is 6.72. The number of para-hydroxylation sites is 2. The molecule has 0 fully saturated rings. The zero-order chi connectivity index (χ0) is 24.9. The minimum atomic E-state index is 0.244. The Balaban J connectivity index is 1.38. The summed E-state index contributed by atoms with van der Waals surface area (Å²) < 4.78 is 2.16. The SMILES string of the molecule is CCCc1ccc(N(c2ccccc2)c2ccc(/C=C/C3CCc4cccc(O)c4N3I)cc2)cc1. The zero-order valence-corrected chi connectivity index (χ0v) is 22.7. The molecule has 0 radical (unpaired) electrons. The van der Waals surface area contributed by atoms with Gasteiger partial charge >= 0.3 is 0 Å². The molecule has 1 aliphatic rings. The molecule has 1 heterocycles. The number of phenols is 1. The highest BCUT2D eigenvalue weighted by atomic mass is 127. The predicted octanol–water partition coefficient (Wildman–Crippen LogP) is 9.00. The van der Waals surface area contributed by atoms with Gasteiger partial charge < -0.3 is 13.1 Å². The lowest BCUT2D eigenvalue weighted by atomic mass is 9.97. The molecule has 1 unspecified atom stereocenters. The number of fused-ring (bicyclic) bond motifs is 1. The van der Waals surface area contributed by atoms with E-state index in [-0.39, 0.29) is 6.04 Å². The summed E-state index contributed by atoms with van der Waals surface area (Å²) in [6.45, 7) is 2.22. The summed E-state index contributed by atoms with van der Waals surface area (Å²) in [6.07, 6.45) is 8.70. The van der Waals surface area contributed by atoms with E-state index in [9.17, 15) is 5.11 Å². The summed E-state index contributed by atoms with van der Waals surface area (Å²) in [7, 11) is 0. The maximum atomic E-state index is 10.4. The molecule has 0 saturated heterocycles. The summed E-state index contributed by atoms with van der Waals surface area (Å²) in [4.78, 5) is 2.30. The van der Waals surface area contributed by atoms with Gasteiger partial charge in [-0.3, -0.25) is 0 Å². The van der Waals surface area contributed by atoms with Crippen LogP contribution >= 0.6 is 22.9 Å². The molecule has 5 rings (SSSR count). The number of hydrogen-bond acceptors (Lipinski definition) is 3. The molecule has 0 spiro atoms. The third kappa shape index (κ3) is 5.29. The average molecular weight is 587 g/mol. The Morgan fingerprint density at radius 3 is 2.22 bits per heavy atom. The lowest BCUT2D eigenvalue weighted by Gasteiger charge is -2.32. The van der Waals surface area contributed by atoms with E-state index in [1.54, 1.807) is 6.07 Å². The van der Waals surface area contributed by atoms with E-state index in [4.69, 9.17) is 0 Å². The minimum Gasteiger partial charge on any atom is -0.506 e. The molecule has 1 aliphatic heterocycles. The first-order chi connectivity index (χ1) is 17.6. The van der Waals surface area contributed by atoms with Crippen molar-refractivity contribution in [2.75, 3.05) is 8.01 Å². The van der Waals surface area contributed by atoms with Crippen LogP contribution in [-0.2, 0) is 12.8 Å². The lowest BCUT2D eigenvalue weighted by molar-refractivity contribution is 0.473. The maximum absolute atomic E-state index is 10.4. The van der Waals surface area contributed by atoms with E-state index in [1.807, 2.05) is 6.07 Å². The monoisotopic (exact) mass is 586 g/mol. The Labute approximate surface area is 228 Å². The van der Waals surface area contributed by atoms with E-state index in [1.165, 1.54) is 11.1 Å². The summed E-state index contributed by atoms with van der Waals surface area (Å²) in [5.41, 5.74) is 8.13. The van der Waals surface area contributed by atoms with Gasteiger partial charge in [0.15, 0.2) is 0 Å². The minimum absolute atomic E-state index is 0.244. The number of hydrogen-bond donors (Lipinski definition) is 1. The number of anilines is 4. The predicted molar refractivity (Wildman–Crippen MR) is 161 cm³/mol.